The van der Waals surface area contributed by atoms with E-state index in [1.165, 1.54) is 0 Å². The predicted octanol–water partition coefficient (Wildman–Crippen LogP) is 4.26. The van der Waals surface area contributed by atoms with E-state index >= 15 is 0 Å². The van der Waals surface area contributed by atoms with Crippen LogP contribution in [0.5, 0.6) is 0 Å². The van der Waals surface area contributed by atoms with Gasteiger partial charge in [-0.3, -0.25) is 0 Å². The minimum absolute atomic E-state index is 0.173. The Morgan fingerprint density at radius 1 is 0.875 bits per heavy atom. The topological polar surface area (TPSA) is 52.6 Å². The third-order valence-corrected chi connectivity index (χ3v) is 3.65. The molecule has 0 saturated heterocycles. The maximum absolute atomic E-state index is 12.0. The lowest BCUT2D eigenvalue weighted by Gasteiger charge is -2.16. The fourth-order valence-electron chi connectivity index (χ4n) is 2.27. The summed E-state index contributed by atoms with van der Waals surface area (Å²) in [5.74, 6) is -0.645. The van der Waals surface area contributed by atoms with Crippen LogP contribution < -0.4 is 0 Å². The second-order valence-electron chi connectivity index (χ2n) is 5.45. The van der Waals surface area contributed by atoms with Gasteiger partial charge in [-0.25, -0.2) is 9.59 Å². The molecule has 4 heteroatoms. The molecule has 0 heterocycles. The van der Waals surface area contributed by atoms with Crippen molar-refractivity contribution in [3.63, 3.8) is 0 Å². The van der Waals surface area contributed by atoms with Crippen LogP contribution in [-0.4, -0.2) is 24.6 Å². The van der Waals surface area contributed by atoms with Gasteiger partial charge in [0.15, 0.2) is 0 Å². The van der Waals surface area contributed by atoms with Crippen molar-refractivity contribution in [2.75, 3.05) is 6.61 Å². The van der Waals surface area contributed by atoms with E-state index in [-0.39, 0.29) is 18.0 Å². The first-order chi connectivity index (χ1) is 11.7. The zero-order valence-corrected chi connectivity index (χ0v) is 13.8. The Bertz CT molecular complexity index is 637. The molecule has 2 aromatic carbocycles. The molecule has 0 fully saturated rings. The number of rotatable bonds is 8. The molecule has 0 aromatic heterocycles. The van der Waals surface area contributed by atoms with Crippen molar-refractivity contribution in [3.8, 4) is 0 Å². The van der Waals surface area contributed by atoms with Gasteiger partial charge in [-0.05, 0) is 43.5 Å². The lowest BCUT2D eigenvalue weighted by Crippen LogP contribution is -2.18. The fourth-order valence-corrected chi connectivity index (χ4v) is 2.27. The molecule has 0 amide bonds. The van der Waals surface area contributed by atoms with Crippen LogP contribution in [0.15, 0.2) is 60.7 Å². The molecule has 2 aromatic rings. The Morgan fingerprint density at radius 2 is 1.42 bits per heavy atom. The highest BCUT2D eigenvalue weighted by Gasteiger charge is 2.14. The molecule has 0 radical (unpaired) electrons. The van der Waals surface area contributed by atoms with Crippen LogP contribution in [0.25, 0.3) is 0 Å². The van der Waals surface area contributed by atoms with Crippen LogP contribution in [0, 0.1) is 0 Å². The molecule has 1 unspecified atom stereocenters. The Kier molecular flexibility index (Phi) is 7.02. The average molecular weight is 326 g/mol. The summed E-state index contributed by atoms with van der Waals surface area (Å²) in [6.45, 7) is 2.28. The van der Waals surface area contributed by atoms with Crippen LogP contribution in [0.4, 0.5) is 0 Å². The molecule has 0 saturated carbocycles. The number of hydrogen-bond donors (Lipinski definition) is 0. The number of carbonyl (C=O) groups is 2. The monoisotopic (exact) mass is 326 g/mol. The van der Waals surface area contributed by atoms with Gasteiger partial charge in [0.2, 0.25) is 0 Å². The maximum Gasteiger partial charge on any atom is 0.338 e. The Hall–Kier alpha value is -2.62. The summed E-state index contributed by atoms with van der Waals surface area (Å²) in [4.78, 5) is 23.8. The molecule has 24 heavy (non-hydrogen) atoms. The van der Waals surface area contributed by atoms with Crippen molar-refractivity contribution in [2.45, 2.75) is 32.3 Å². The molecular formula is C20H22O4. The normalized spacial score (nSPS) is 11.5. The Labute approximate surface area is 142 Å². The zero-order chi connectivity index (χ0) is 17.2. The molecule has 2 rings (SSSR count). The summed E-state index contributed by atoms with van der Waals surface area (Å²) in [6, 6.07) is 17.8. The fraction of sp³-hybridized carbons (Fsp3) is 0.300. The van der Waals surface area contributed by atoms with Gasteiger partial charge < -0.3 is 9.47 Å². The zero-order valence-electron chi connectivity index (χ0n) is 13.8. The van der Waals surface area contributed by atoms with E-state index in [1.54, 1.807) is 48.5 Å². The van der Waals surface area contributed by atoms with E-state index < -0.39 is 0 Å². The summed E-state index contributed by atoms with van der Waals surface area (Å²) in [7, 11) is 0. The summed E-state index contributed by atoms with van der Waals surface area (Å²) >= 11 is 0. The van der Waals surface area contributed by atoms with Gasteiger partial charge >= 0.3 is 11.9 Å². The smallest absolute Gasteiger partial charge is 0.338 e. The number of carbonyl (C=O) groups excluding carboxylic acids is 2. The number of ether oxygens (including phenoxy) is 2. The standard InChI is InChI=1S/C20H22O4/c1-2-18(24-20(22)17-12-7-4-8-13-17)14-9-15-23-19(21)16-10-5-3-6-11-16/h3-8,10-13,18H,2,9,14-15H2,1H3. The lowest BCUT2D eigenvalue weighted by atomic mass is 10.1. The summed E-state index contributed by atoms with van der Waals surface area (Å²) in [6.07, 6.45) is 1.87. The quantitative estimate of drug-likeness (QED) is 0.537. The highest BCUT2D eigenvalue weighted by molar-refractivity contribution is 5.89. The SMILES string of the molecule is CCC(CCCOC(=O)c1ccccc1)OC(=O)c1ccccc1. The van der Waals surface area contributed by atoms with Crippen LogP contribution in [-0.2, 0) is 9.47 Å². The molecule has 0 bridgehead atoms. The van der Waals surface area contributed by atoms with E-state index in [4.69, 9.17) is 9.47 Å². The first-order valence-corrected chi connectivity index (χ1v) is 8.19. The van der Waals surface area contributed by atoms with E-state index in [1.807, 2.05) is 19.1 Å². The van der Waals surface area contributed by atoms with Crippen LogP contribution in [0.3, 0.4) is 0 Å². The number of esters is 2. The summed E-state index contributed by atoms with van der Waals surface area (Å²) in [5, 5.41) is 0. The van der Waals surface area contributed by atoms with Crippen molar-refractivity contribution in [3.05, 3.63) is 71.8 Å². The number of benzene rings is 2. The van der Waals surface area contributed by atoms with Crippen LogP contribution in [0.1, 0.15) is 46.9 Å². The second kappa shape index (κ2) is 9.50. The van der Waals surface area contributed by atoms with Gasteiger partial charge in [0.05, 0.1) is 17.7 Å². The first-order valence-electron chi connectivity index (χ1n) is 8.19. The second-order valence-corrected chi connectivity index (χ2v) is 5.45. The van der Waals surface area contributed by atoms with Gasteiger partial charge in [0.1, 0.15) is 6.10 Å². The summed E-state index contributed by atoms with van der Waals surface area (Å²) < 4.78 is 10.7. The minimum Gasteiger partial charge on any atom is -0.462 e. The highest BCUT2D eigenvalue weighted by atomic mass is 16.5. The molecule has 0 N–H and O–H groups in total. The van der Waals surface area contributed by atoms with Crippen molar-refractivity contribution < 1.29 is 19.1 Å². The molecule has 0 spiro atoms. The van der Waals surface area contributed by atoms with E-state index in [0.29, 0.717) is 30.6 Å². The number of hydrogen-bond acceptors (Lipinski definition) is 4. The van der Waals surface area contributed by atoms with E-state index in [9.17, 15) is 9.59 Å². The van der Waals surface area contributed by atoms with Crippen molar-refractivity contribution in [1.82, 2.24) is 0 Å². The van der Waals surface area contributed by atoms with E-state index in [0.717, 1.165) is 6.42 Å². The first kappa shape index (κ1) is 17.7. The van der Waals surface area contributed by atoms with Gasteiger partial charge in [0.25, 0.3) is 0 Å². The Morgan fingerprint density at radius 3 is 1.96 bits per heavy atom. The van der Waals surface area contributed by atoms with Crippen LogP contribution >= 0.6 is 0 Å². The lowest BCUT2D eigenvalue weighted by molar-refractivity contribution is 0.0231. The van der Waals surface area contributed by atoms with Gasteiger partial charge in [-0.2, -0.15) is 0 Å². The van der Waals surface area contributed by atoms with E-state index in [2.05, 4.69) is 0 Å². The maximum atomic E-state index is 12.0. The van der Waals surface area contributed by atoms with Crippen molar-refractivity contribution in [1.29, 1.82) is 0 Å². The third-order valence-electron chi connectivity index (χ3n) is 3.65. The van der Waals surface area contributed by atoms with Gasteiger partial charge in [-0.1, -0.05) is 43.3 Å². The van der Waals surface area contributed by atoms with Gasteiger partial charge in [0, 0.05) is 0 Å². The third kappa shape index (κ3) is 5.54. The molecular weight excluding hydrogens is 304 g/mol. The highest BCUT2D eigenvalue weighted by Crippen LogP contribution is 2.11. The molecule has 0 aliphatic carbocycles. The minimum atomic E-state index is -0.329. The average Bonchev–Trinajstić information content (AvgIpc) is 2.65. The van der Waals surface area contributed by atoms with Crippen molar-refractivity contribution >= 4 is 11.9 Å². The molecule has 1 atom stereocenters. The van der Waals surface area contributed by atoms with Crippen molar-refractivity contribution in [2.24, 2.45) is 0 Å². The van der Waals surface area contributed by atoms with Gasteiger partial charge in [-0.15, -0.1) is 0 Å². The molecule has 126 valence electrons. The van der Waals surface area contributed by atoms with Crippen LogP contribution in [0.2, 0.25) is 0 Å². The molecule has 0 aliphatic heterocycles. The molecule has 0 aliphatic rings. The molecule has 4 nitrogen and oxygen atoms in total. The summed E-state index contributed by atoms with van der Waals surface area (Å²) in [5.41, 5.74) is 1.09. The largest absolute Gasteiger partial charge is 0.462 e. The predicted molar refractivity (Wildman–Crippen MR) is 91.9 cm³/mol. The Balaban J connectivity index is 1.72.